The largest absolute Gasteiger partial charge is 0.478 e. The van der Waals surface area contributed by atoms with Crippen LogP contribution < -0.4 is 9.64 Å². The standard InChI is InChI=1S/C20H21N3O3S2/c1-20(2,3)28(24,25)13-26-15-8-9-16-14(10-15)11-21-19(22-16)23-12-27-18-7-5-4-6-17(18)23/h4-11H,12-13H2,1-3H3. The monoisotopic (exact) mass is 415 g/mol. The molecule has 8 heteroatoms. The Kier molecular flexibility index (Phi) is 4.71. The SMILES string of the molecule is CC(C)(C)S(=O)(=O)COc1ccc2nc(N3CSc4ccccc43)ncc2c1. The van der Waals surface area contributed by atoms with Crippen LogP contribution in [0.1, 0.15) is 20.8 Å². The van der Waals surface area contributed by atoms with Crippen molar-refractivity contribution in [1.29, 1.82) is 0 Å². The fourth-order valence-corrected chi connectivity index (χ4v) is 4.38. The molecule has 0 atom stereocenters. The van der Waals surface area contributed by atoms with Crippen LogP contribution in [-0.4, -0.2) is 34.9 Å². The van der Waals surface area contributed by atoms with Gasteiger partial charge in [-0.3, -0.25) is 4.90 Å². The number of para-hydroxylation sites is 1. The van der Waals surface area contributed by atoms with E-state index in [-0.39, 0.29) is 5.94 Å². The molecular weight excluding hydrogens is 394 g/mol. The minimum absolute atomic E-state index is 0.358. The van der Waals surface area contributed by atoms with Gasteiger partial charge in [-0.15, -0.1) is 11.8 Å². The summed E-state index contributed by atoms with van der Waals surface area (Å²) < 4.78 is 29.1. The van der Waals surface area contributed by atoms with Gasteiger partial charge >= 0.3 is 0 Å². The topological polar surface area (TPSA) is 72.4 Å². The summed E-state index contributed by atoms with van der Waals surface area (Å²) in [5.74, 6) is 1.55. The van der Waals surface area contributed by atoms with Crippen molar-refractivity contribution in [3.05, 3.63) is 48.7 Å². The van der Waals surface area contributed by atoms with Crippen molar-refractivity contribution in [3.8, 4) is 5.75 Å². The van der Waals surface area contributed by atoms with E-state index in [2.05, 4.69) is 27.0 Å². The zero-order valence-corrected chi connectivity index (χ0v) is 17.5. The highest BCUT2D eigenvalue weighted by atomic mass is 32.2. The Bertz CT molecular complexity index is 1140. The fraction of sp³-hybridized carbons (Fsp3) is 0.300. The minimum Gasteiger partial charge on any atom is -0.478 e. The van der Waals surface area contributed by atoms with Crippen LogP contribution in [0.2, 0.25) is 0 Å². The Hall–Kier alpha value is -2.32. The van der Waals surface area contributed by atoms with Gasteiger partial charge in [-0.25, -0.2) is 18.4 Å². The van der Waals surface area contributed by atoms with Gasteiger partial charge in [-0.2, -0.15) is 0 Å². The lowest BCUT2D eigenvalue weighted by Gasteiger charge is -2.19. The molecule has 2 aromatic carbocycles. The first kappa shape index (κ1) is 19.0. The second-order valence-electron chi connectivity index (χ2n) is 7.55. The third-order valence-corrected chi connectivity index (χ3v) is 7.94. The van der Waals surface area contributed by atoms with Crippen molar-refractivity contribution in [1.82, 2.24) is 9.97 Å². The summed E-state index contributed by atoms with van der Waals surface area (Å²) in [4.78, 5) is 12.5. The number of fused-ring (bicyclic) bond motifs is 2. The van der Waals surface area contributed by atoms with Gasteiger partial charge in [0.05, 0.1) is 21.8 Å². The highest BCUT2D eigenvalue weighted by molar-refractivity contribution is 7.99. The van der Waals surface area contributed by atoms with E-state index in [1.807, 2.05) is 18.2 Å². The zero-order chi connectivity index (χ0) is 19.9. The molecule has 28 heavy (non-hydrogen) atoms. The van der Waals surface area contributed by atoms with Gasteiger partial charge in [-0.1, -0.05) is 12.1 Å². The molecule has 0 bridgehead atoms. The summed E-state index contributed by atoms with van der Waals surface area (Å²) >= 11 is 1.76. The Morgan fingerprint density at radius 1 is 1.18 bits per heavy atom. The molecule has 1 aliphatic heterocycles. The highest BCUT2D eigenvalue weighted by Crippen LogP contribution is 2.41. The van der Waals surface area contributed by atoms with Gasteiger partial charge in [0.2, 0.25) is 5.95 Å². The van der Waals surface area contributed by atoms with E-state index in [1.54, 1.807) is 50.9 Å². The lowest BCUT2D eigenvalue weighted by molar-refractivity contribution is 0.371. The first-order valence-corrected chi connectivity index (χ1v) is 11.5. The van der Waals surface area contributed by atoms with Crippen LogP contribution in [-0.2, 0) is 9.84 Å². The molecule has 0 aliphatic carbocycles. The molecule has 2 heterocycles. The first-order chi connectivity index (χ1) is 13.2. The smallest absolute Gasteiger partial charge is 0.231 e. The molecule has 3 aromatic rings. The molecule has 0 N–H and O–H groups in total. The van der Waals surface area contributed by atoms with Crippen molar-refractivity contribution < 1.29 is 13.2 Å². The molecule has 1 aromatic heterocycles. The molecule has 0 unspecified atom stereocenters. The number of sulfone groups is 1. The number of anilines is 2. The van der Waals surface area contributed by atoms with Crippen LogP contribution in [0.3, 0.4) is 0 Å². The maximum absolute atomic E-state index is 12.2. The Morgan fingerprint density at radius 2 is 1.96 bits per heavy atom. The van der Waals surface area contributed by atoms with Crippen molar-refractivity contribution in [3.63, 3.8) is 0 Å². The Balaban J connectivity index is 1.57. The normalized spacial score (nSPS) is 14.3. The lowest BCUT2D eigenvalue weighted by atomic mass is 10.2. The summed E-state index contributed by atoms with van der Waals surface area (Å²) in [5, 5.41) is 0.801. The number of hydrogen-bond donors (Lipinski definition) is 0. The summed E-state index contributed by atoms with van der Waals surface area (Å²) in [7, 11) is -3.36. The maximum Gasteiger partial charge on any atom is 0.231 e. The molecule has 0 saturated heterocycles. The van der Waals surface area contributed by atoms with Crippen molar-refractivity contribution in [2.45, 2.75) is 30.4 Å². The second kappa shape index (κ2) is 6.93. The van der Waals surface area contributed by atoms with E-state index in [4.69, 9.17) is 4.74 Å². The Morgan fingerprint density at radius 3 is 2.75 bits per heavy atom. The number of ether oxygens (including phenoxy) is 1. The maximum atomic E-state index is 12.2. The van der Waals surface area contributed by atoms with Crippen LogP contribution >= 0.6 is 11.8 Å². The molecule has 146 valence electrons. The third kappa shape index (κ3) is 3.54. The lowest BCUT2D eigenvalue weighted by Crippen LogP contribution is -2.32. The quantitative estimate of drug-likeness (QED) is 0.626. The molecule has 0 amide bonds. The second-order valence-corrected chi connectivity index (χ2v) is 11.2. The molecule has 0 saturated carbocycles. The fourth-order valence-electron chi connectivity index (χ4n) is 2.72. The van der Waals surface area contributed by atoms with Gasteiger partial charge in [-0.05, 0) is 51.1 Å². The first-order valence-electron chi connectivity index (χ1n) is 8.86. The van der Waals surface area contributed by atoms with Crippen molar-refractivity contribution >= 4 is 44.1 Å². The highest BCUT2D eigenvalue weighted by Gasteiger charge is 2.29. The summed E-state index contributed by atoms with van der Waals surface area (Å²) in [5.41, 5.74) is 1.89. The van der Waals surface area contributed by atoms with Crippen LogP contribution in [0.25, 0.3) is 10.9 Å². The predicted molar refractivity (Wildman–Crippen MR) is 113 cm³/mol. The number of thioether (sulfide) groups is 1. The number of nitrogens with zero attached hydrogens (tertiary/aromatic N) is 3. The van der Waals surface area contributed by atoms with Crippen LogP contribution in [0.5, 0.6) is 5.75 Å². The van der Waals surface area contributed by atoms with Crippen LogP contribution in [0, 0.1) is 0 Å². The van der Waals surface area contributed by atoms with Gasteiger partial charge in [0.25, 0.3) is 0 Å². The van der Waals surface area contributed by atoms with E-state index >= 15 is 0 Å². The number of rotatable bonds is 4. The average Bonchev–Trinajstić information content (AvgIpc) is 3.09. The molecule has 4 rings (SSSR count). The van der Waals surface area contributed by atoms with Crippen molar-refractivity contribution in [2.75, 3.05) is 16.7 Å². The molecule has 1 aliphatic rings. The van der Waals surface area contributed by atoms with Crippen LogP contribution in [0.4, 0.5) is 11.6 Å². The van der Waals surface area contributed by atoms with Gasteiger partial charge < -0.3 is 4.74 Å². The number of aromatic nitrogens is 2. The van der Waals surface area contributed by atoms with Crippen molar-refractivity contribution in [2.24, 2.45) is 0 Å². The summed E-state index contributed by atoms with van der Waals surface area (Å²) in [6.07, 6.45) is 1.74. The minimum atomic E-state index is -3.36. The molecule has 6 nitrogen and oxygen atoms in total. The van der Waals surface area contributed by atoms with Gasteiger partial charge in [0.1, 0.15) is 5.75 Å². The molecule has 0 radical (unpaired) electrons. The zero-order valence-electron chi connectivity index (χ0n) is 15.9. The average molecular weight is 416 g/mol. The van der Waals surface area contributed by atoms with Crippen LogP contribution in [0.15, 0.2) is 53.6 Å². The number of hydrogen-bond acceptors (Lipinski definition) is 7. The van der Waals surface area contributed by atoms with E-state index in [1.165, 1.54) is 4.90 Å². The Labute approximate surface area is 168 Å². The number of benzene rings is 2. The summed E-state index contributed by atoms with van der Waals surface area (Å²) in [6, 6.07) is 13.5. The summed E-state index contributed by atoms with van der Waals surface area (Å²) in [6.45, 7) is 4.99. The van der Waals surface area contributed by atoms with Gasteiger partial charge in [0, 0.05) is 16.5 Å². The van der Waals surface area contributed by atoms with E-state index in [0.29, 0.717) is 11.7 Å². The van der Waals surface area contributed by atoms with E-state index in [0.717, 1.165) is 22.5 Å². The molecule has 0 spiro atoms. The van der Waals surface area contributed by atoms with Gasteiger partial charge in [0.15, 0.2) is 15.8 Å². The third-order valence-electron chi connectivity index (χ3n) is 4.60. The molecular formula is C20H21N3O3S2. The van der Waals surface area contributed by atoms with E-state index in [9.17, 15) is 8.42 Å². The molecule has 0 fully saturated rings. The predicted octanol–water partition coefficient (Wildman–Crippen LogP) is 4.38. The van der Waals surface area contributed by atoms with E-state index < -0.39 is 14.6 Å².